The molecular weight excluding hydrogens is 381 g/mol. The lowest BCUT2D eigenvalue weighted by molar-refractivity contribution is 0.262. The lowest BCUT2D eigenvalue weighted by Crippen LogP contribution is -2.19. The van der Waals surface area contributed by atoms with Gasteiger partial charge in [-0.3, -0.25) is 0 Å². The van der Waals surface area contributed by atoms with E-state index in [-0.39, 0.29) is 0 Å². The molecule has 2 amide bonds. The first-order valence-corrected chi connectivity index (χ1v) is 9.45. The van der Waals surface area contributed by atoms with Gasteiger partial charge < -0.3 is 15.1 Å². The summed E-state index contributed by atoms with van der Waals surface area (Å²) in [5.74, 6) is 0.0871. The Morgan fingerprint density at radius 1 is 0.933 bits per heavy atom. The number of aromatic nitrogens is 1. The number of benzene rings is 3. The van der Waals surface area contributed by atoms with E-state index in [9.17, 15) is 9.18 Å². The number of rotatable bonds is 4. The standard InChI is InChI=1S/C24H20FN3O2/c1-15-6-11-21(16(2)12-15)22-14-30-23(28-22)17-7-9-19(10-8-17)26-24(29)27-20-5-3-4-18(25)13-20/h3-14H,1-2H3,(H2,26,27,29). The van der Waals surface area contributed by atoms with Crippen molar-refractivity contribution in [1.29, 1.82) is 0 Å². The molecule has 30 heavy (non-hydrogen) atoms. The first-order valence-electron chi connectivity index (χ1n) is 9.45. The van der Waals surface area contributed by atoms with Crippen LogP contribution in [0.15, 0.2) is 77.4 Å². The van der Waals surface area contributed by atoms with Gasteiger partial charge in [0.05, 0.1) is 0 Å². The number of amides is 2. The van der Waals surface area contributed by atoms with E-state index in [1.807, 2.05) is 31.2 Å². The number of hydrogen-bond donors (Lipinski definition) is 2. The Balaban J connectivity index is 1.45. The van der Waals surface area contributed by atoms with Gasteiger partial charge in [0.15, 0.2) is 0 Å². The van der Waals surface area contributed by atoms with E-state index >= 15 is 0 Å². The smallest absolute Gasteiger partial charge is 0.323 e. The number of anilines is 2. The average Bonchev–Trinajstić information content (AvgIpc) is 3.18. The van der Waals surface area contributed by atoms with Crippen molar-refractivity contribution >= 4 is 17.4 Å². The summed E-state index contributed by atoms with van der Waals surface area (Å²) in [6, 6.07) is 18.6. The maximum atomic E-state index is 13.2. The average molecular weight is 401 g/mol. The van der Waals surface area contributed by atoms with E-state index in [2.05, 4.69) is 28.6 Å². The Labute approximate surface area is 173 Å². The molecular formula is C24H20FN3O2. The van der Waals surface area contributed by atoms with Crippen LogP contribution in [0, 0.1) is 19.7 Å². The topological polar surface area (TPSA) is 67.2 Å². The zero-order valence-electron chi connectivity index (χ0n) is 16.6. The lowest BCUT2D eigenvalue weighted by atomic mass is 10.0. The lowest BCUT2D eigenvalue weighted by Gasteiger charge is -2.08. The van der Waals surface area contributed by atoms with Crippen molar-refractivity contribution in [1.82, 2.24) is 4.98 Å². The van der Waals surface area contributed by atoms with E-state index in [1.54, 1.807) is 24.5 Å². The van der Waals surface area contributed by atoms with Crippen molar-refractivity contribution < 1.29 is 13.6 Å². The largest absolute Gasteiger partial charge is 0.444 e. The molecule has 0 radical (unpaired) electrons. The highest BCUT2D eigenvalue weighted by Crippen LogP contribution is 2.28. The second-order valence-electron chi connectivity index (χ2n) is 7.02. The highest BCUT2D eigenvalue weighted by molar-refractivity contribution is 5.99. The van der Waals surface area contributed by atoms with E-state index in [0.29, 0.717) is 17.3 Å². The molecule has 150 valence electrons. The summed E-state index contributed by atoms with van der Waals surface area (Å²) >= 11 is 0. The van der Waals surface area contributed by atoms with Gasteiger partial charge in [0.1, 0.15) is 17.8 Å². The minimum Gasteiger partial charge on any atom is -0.444 e. The number of oxazole rings is 1. The number of nitrogens with one attached hydrogen (secondary N) is 2. The fourth-order valence-electron chi connectivity index (χ4n) is 3.19. The Kier molecular flexibility index (Phi) is 5.30. The van der Waals surface area contributed by atoms with Gasteiger partial charge >= 0.3 is 6.03 Å². The van der Waals surface area contributed by atoms with Crippen LogP contribution in [0.3, 0.4) is 0 Å². The number of carbonyl (C=O) groups is 1. The second kappa shape index (κ2) is 8.21. The summed E-state index contributed by atoms with van der Waals surface area (Å²) in [4.78, 5) is 16.7. The molecule has 4 rings (SSSR count). The first kappa shape index (κ1) is 19.4. The molecule has 0 aliphatic heterocycles. The molecule has 0 bridgehead atoms. The zero-order valence-corrected chi connectivity index (χ0v) is 16.6. The molecule has 0 fully saturated rings. The number of urea groups is 1. The van der Waals surface area contributed by atoms with Crippen LogP contribution in [0.25, 0.3) is 22.7 Å². The molecule has 0 spiro atoms. The van der Waals surface area contributed by atoms with Gasteiger partial charge in [0.25, 0.3) is 0 Å². The molecule has 5 nitrogen and oxygen atoms in total. The quantitative estimate of drug-likeness (QED) is 0.415. The SMILES string of the molecule is Cc1ccc(-c2coc(-c3ccc(NC(=O)Nc4cccc(F)c4)cc3)n2)c(C)c1. The van der Waals surface area contributed by atoms with Gasteiger partial charge in [-0.1, -0.05) is 29.8 Å². The van der Waals surface area contributed by atoms with Gasteiger partial charge in [-0.2, -0.15) is 0 Å². The Bertz CT molecular complexity index is 1200. The normalized spacial score (nSPS) is 10.6. The van der Waals surface area contributed by atoms with E-state index < -0.39 is 11.8 Å². The highest BCUT2D eigenvalue weighted by Gasteiger charge is 2.11. The van der Waals surface area contributed by atoms with Crippen LogP contribution in [0.1, 0.15) is 11.1 Å². The van der Waals surface area contributed by atoms with Crippen LogP contribution in [-0.4, -0.2) is 11.0 Å². The minimum atomic E-state index is -0.457. The van der Waals surface area contributed by atoms with Crippen molar-refractivity contribution in [3.05, 3.63) is 89.9 Å². The van der Waals surface area contributed by atoms with Gasteiger partial charge in [-0.25, -0.2) is 14.2 Å². The second-order valence-corrected chi connectivity index (χ2v) is 7.02. The van der Waals surface area contributed by atoms with Crippen molar-refractivity contribution in [2.75, 3.05) is 10.6 Å². The molecule has 0 unspecified atom stereocenters. The number of hydrogen-bond acceptors (Lipinski definition) is 3. The van der Waals surface area contributed by atoms with Gasteiger partial charge in [-0.15, -0.1) is 0 Å². The van der Waals surface area contributed by atoms with Crippen LogP contribution in [0.2, 0.25) is 0 Å². The molecule has 3 aromatic carbocycles. The predicted octanol–water partition coefficient (Wildman–Crippen LogP) is 6.41. The number of aryl methyl sites for hydroxylation is 2. The molecule has 1 aromatic heterocycles. The summed E-state index contributed by atoms with van der Waals surface area (Å²) in [6.07, 6.45) is 1.64. The van der Waals surface area contributed by atoms with Crippen LogP contribution in [-0.2, 0) is 0 Å². The number of halogens is 1. The van der Waals surface area contributed by atoms with Crippen LogP contribution in [0.4, 0.5) is 20.6 Å². The third-order valence-corrected chi connectivity index (χ3v) is 4.63. The van der Waals surface area contributed by atoms with Crippen molar-refractivity contribution in [2.24, 2.45) is 0 Å². The Morgan fingerprint density at radius 2 is 1.70 bits per heavy atom. The fourth-order valence-corrected chi connectivity index (χ4v) is 3.19. The van der Waals surface area contributed by atoms with Crippen molar-refractivity contribution in [2.45, 2.75) is 13.8 Å². The molecule has 2 N–H and O–H groups in total. The van der Waals surface area contributed by atoms with E-state index in [4.69, 9.17) is 4.42 Å². The summed E-state index contributed by atoms with van der Waals surface area (Å²) in [5.41, 5.74) is 5.91. The maximum Gasteiger partial charge on any atom is 0.323 e. The molecule has 6 heteroatoms. The van der Waals surface area contributed by atoms with E-state index in [0.717, 1.165) is 22.4 Å². The Hall–Kier alpha value is -3.93. The fraction of sp³-hybridized carbons (Fsp3) is 0.0833. The molecule has 4 aromatic rings. The maximum absolute atomic E-state index is 13.2. The van der Waals surface area contributed by atoms with Gasteiger partial charge in [-0.05, 0) is 61.9 Å². The third kappa shape index (κ3) is 4.38. The van der Waals surface area contributed by atoms with E-state index in [1.165, 1.54) is 23.8 Å². The molecule has 0 atom stereocenters. The third-order valence-electron chi connectivity index (χ3n) is 4.63. The van der Waals surface area contributed by atoms with Crippen molar-refractivity contribution in [3.8, 4) is 22.7 Å². The van der Waals surface area contributed by atoms with Gasteiger partial charge in [0.2, 0.25) is 5.89 Å². The van der Waals surface area contributed by atoms with Crippen LogP contribution in [0.5, 0.6) is 0 Å². The monoisotopic (exact) mass is 401 g/mol. The zero-order chi connectivity index (χ0) is 21.1. The number of carbonyl (C=O) groups excluding carboxylic acids is 1. The predicted molar refractivity (Wildman–Crippen MR) is 116 cm³/mol. The Morgan fingerprint density at radius 3 is 2.43 bits per heavy atom. The minimum absolute atomic E-state index is 0.378. The molecule has 0 saturated carbocycles. The molecule has 0 saturated heterocycles. The molecule has 0 aliphatic carbocycles. The van der Waals surface area contributed by atoms with Crippen LogP contribution >= 0.6 is 0 Å². The summed E-state index contributed by atoms with van der Waals surface area (Å²) in [7, 11) is 0. The first-order chi connectivity index (χ1) is 14.5. The number of nitrogens with zero attached hydrogens (tertiary/aromatic N) is 1. The summed E-state index contributed by atoms with van der Waals surface area (Å²) < 4.78 is 18.9. The molecule has 1 heterocycles. The van der Waals surface area contributed by atoms with Gasteiger partial charge in [0, 0.05) is 22.5 Å². The highest BCUT2D eigenvalue weighted by atomic mass is 19.1. The van der Waals surface area contributed by atoms with Crippen LogP contribution < -0.4 is 10.6 Å². The summed E-state index contributed by atoms with van der Waals surface area (Å²) in [6.45, 7) is 4.10. The van der Waals surface area contributed by atoms with Crippen molar-refractivity contribution in [3.63, 3.8) is 0 Å². The molecule has 0 aliphatic rings. The summed E-state index contributed by atoms with van der Waals surface area (Å²) in [5, 5.41) is 5.30.